The van der Waals surface area contributed by atoms with Crippen molar-refractivity contribution in [1.29, 1.82) is 0 Å². The summed E-state index contributed by atoms with van der Waals surface area (Å²) in [6.07, 6.45) is 3.54. The zero-order valence-corrected chi connectivity index (χ0v) is 10.2. The second-order valence-electron chi connectivity index (χ2n) is 4.50. The van der Waals surface area contributed by atoms with Gasteiger partial charge in [0, 0.05) is 5.56 Å². The summed E-state index contributed by atoms with van der Waals surface area (Å²) in [5.74, 6) is -0.394. The van der Waals surface area contributed by atoms with Crippen LogP contribution < -0.4 is 0 Å². The monoisotopic (exact) mass is 242 g/mol. The number of carbonyl (C=O) groups is 1. The second-order valence-corrected chi connectivity index (χ2v) is 4.50. The minimum absolute atomic E-state index is 0.382. The molecule has 0 amide bonds. The minimum Gasteiger partial charge on any atom is -0.464 e. The van der Waals surface area contributed by atoms with Crippen LogP contribution in [0.4, 0.5) is 0 Å². The summed E-state index contributed by atoms with van der Waals surface area (Å²) >= 11 is 0. The lowest BCUT2D eigenvalue weighted by atomic mass is 10.0. The number of carbonyl (C=O) groups excluding carboxylic acids is 1. The fourth-order valence-corrected chi connectivity index (χ4v) is 2.42. The van der Waals surface area contributed by atoms with Crippen LogP contribution in [0.2, 0.25) is 0 Å². The topological polar surface area (TPSA) is 55.0 Å². The number of H-pyrrole nitrogens is 1. The van der Waals surface area contributed by atoms with Gasteiger partial charge in [-0.15, -0.1) is 0 Å². The molecule has 0 spiro atoms. The molecule has 3 rings (SSSR count). The lowest BCUT2D eigenvalue weighted by Gasteiger charge is -2.01. The Morgan fingerprint density at radius 1 is 1.28 bits per heavy atom. The van der Waals surface area contributed by atoms with Crippen LogP contribution in [0, 0.1) is 0 Å². The Morgan fingerprint density at radius 3 is 2.94 bits per heavy atom. The Labute approximate surface area is 105 Å². The number of rotatable bonds is 2. The van der Waals surface area contributed by atoms with Gasteiger partial charge in [0.1, 0.15) is 5.69 Å². The molecule has 0 unspecified atom stereocenters. The number of aryl methyl sites for hydroxylation is 2. The van der Waals surface area contributed by atoms with Crippen molar-refractivity contribution in [2.24, 2.45) is 0 Å². The smallest absolute Gasteiger partial charge is 0.356 e. The first-order valence-corrected chi connectivity index (χ1v) is 6.04. The van der Waals surface area contributed by atoms with Crippen molar-refractivity contribution in [3.05, 3.63) is 41.1 Å². The number of hydrogen-bond donors (Lipinski definition) is 1. The van der Waals surface area contributed by atoms with Crippen LogP contribution in [0.1, 0.15) is 28.0 Å². The number of benzene rings is 1. The molecular formula is C14H14N2O2. The van der Waals surface area contributed by atoms with E-state index in [-0.39, 0.29) is 0 Å². The quantitative estimate of drug-likeness (QED) is 0.822. The van der Waals surface area contributed by atoms with E-state index in [1.165, 1.54) is 31.1 Å². The predicted octanol–water partition coefficient (Wildman–Crippen LogP) is 2.35. The van der Waals surface area contributed by atoms with Gasteiger partial charge in [-0.3, -0.25) is 5.10 Å². The Bertz CT molecular complexity index is 602. The molecule has 0 radical (unpaired) electrons. The number of aromatic amines is 1. The molecule has 1 heterocycles. The van der Waals surface area contributed by atoms with E-state index in [1.807, 2.05) is 0 Å². The summed E-state index contributed by atoms with van der Waals surface area (Å²) in [5.41, 5.74) is 5.04. The Kier molecular flexibility index (Phi) is 2.63. The number of hydrogen-bond acceptors (Lipinski definition) is 3. The molecule has 18 heavy (non-hydrogen) atoms. The molecule has 1 aliphatic carbocycles. The Morgan fingerprint density at radius 2 is 2.11 bits per heavy atom. The van der Waals surface area contributed by atoms with Gasteiger partial charge in [-0.1, -0.05) is 12.1 Å². The number of esters is 1. The highest BCUT2D eigenvalue weighted by atomic mass is 16.5. The maximum atomic E-state index is 11.4. The highest BCUT2D eigenvalue weighted by Gasteiger charge is 2.14. The number of methoxy groups -OCH3 is 1. The van der Waals surface area contributed by atoms with Gasteiger partial charge in [0.25, 0.3) is 0 Å². The predicted molar refractivity (Wildman–Crippen MR) is 67.4 cm³/mol. The van der Waals surface area contributed by atoms with E-state index in [4.69, 9.17) is 0 Å². The molecule has 1 aromatic carbocycles. The normalized spacial score (nSPS) is 13.4. The van der Waals surface area contributed by atoms with Crippen molar-refractivity contribution in [1.82, 2.24) is 10.2 Å². The number of fused-ring (bicyclic) bond motifs is 1. The van der Waals surface area contributed by atoms with Gasteiger partial charge in [-0.05, 0) is 42.5 Å². The fraction of sp³-hybridized carbons (Fsp3) is 0.286. The van der Waals surface area contributed by atoms with Gasteiger partial charge < -0.3 is 4.74 Å². The fourth-order valence-electron chi connectivity index (χ4n) is 2.42. The molecule has 4 heteroatoms. The average Bonchev–Trinajstić information content (AvgIpc) is 3.05. The minimum atomic E-state index is -0.394. The first-order chi connectivity index (χ1) is 8.78. The van der Waals surface area contributed by atoms with E-state index in [0.717, 1.165) is 17.7 Å². The molecule has 0 saturated carbocycles. The molecule has 1 aromatic heterocycles. The maximum absolute atomic E-state index is 11.4. The molecule has 0 aliphatic heterocycles. The van der Waals surface area contributed by atoms with Crippen LogP contribution in [-0.2, 0) is 17.6 Å². The van der Waals surface area contributed by atoms with E-state index in [2.05, 4.69) is 33.1 Å². The highest BCUT2D eigenvalue weighted by Crippen LogP contribution is 2.27. The van der Waals surface area contributed by atoms with Gasteiger partial charge in [0.05, 0.1) is 12.8 Å². The molecule has 1 aliphatic rings. The first kappa shape index (κ1) is 11.0. The third kappa shape index (κ3) is 1.79. The summed E-state index contributed by atoms with van der Waals surface area (Å²) in [5, 5.41) is 6.85. The number of nitrogens with zero attached hydrogens (tertiary/aromatic N) is 1. The Hall–Kier alpha value is -2.10. The van der Waals surface area contributed by atoms with Crippen molar-refractivity contribution in [3.8, 4) is 11.3 Å². The summed E-state index contributed by atoms with van der Waals surface area (Å²) in [6.45, 7) is 0. The molecule has 4 nitrogen and oxygen atoms in total. The van der Waals surface area contributed by atoms with Crippen molar-refractivity contribution < 1.29 is 9.53 Å². The van der Waals surface area contributed by atoms with Crippen LogP contribution in [0.25, 0.3) is 11.3 Å². The number of aromatic nitrogens is 2. The summed E-state index contributed by atoms with van der Waals surface area (Å²) < 4.78 is 4.65. The van der Waals surface area contributed by atoms with Crippen molar-refractivity contribution in [2.75, 3.05) is 7.11 Å². The maximum Gasteiger partial charge on any atom is 0.356 e. The molecular weight excluding hydrogens is 228 g/mol. The van der Waals surface area contributed by atoms with Gasteiger partial charge in [-0.2, -0.15) is 5.10 Å². The third-order valence-electron chi connectivity index (χ3n) is 3.38. The highest BCUT2D eigenvalue weighted by molar-refractivity contribution is 5.88. The molecule has 0 atom stereocenters. The van der Waals surface area contributed by atoms with Crippen LogP contribution in [0.3, 0.4) is 0 Å². The molecule has 0 fully saturated rings. The van der Waals surface area contributed by atoms with Crippen molar-refractivity contribution >= 4 is 5.97 Å². The van der Waals surface area contributed by atoms with Gasteiger partial charge in [0.2, 0.25) is 0 Å². The molecule has 0 bridgehead atoms. The van der Waals surface area contributed by atoms with Crippen molar-refractivity contribution in [2.45, 2.75) is 19.3 Å². The van der Waals surface area contributed by atoms with Crippen LogP contribution >= 0.6 is 0 Å². The lowest BCUT2D eigenvalue weighted by Crippen LogP contribution is -2.00. The number of nitrogens with one attached hydrogen (secondary N) is 1. The van der Waals surface area contributed by atoms with E-state index < -0.39 is 5.97 Å². The molecule has 0 saturated heterocycles. The first-order valence-electron chi connectivity index (χ1n) is 6.04. The summed E-state index contributed by atoms with van der Waals surface area (Å²) in [4.78, 5) is 11.4. The average molecular weight is 242 g/mol. The summed E-state index contributed by atoms with van der Waals surface area (Å²) in [6, 6.07) is 8.10. The van der Waals surface area contributed by atoms with E-state index >= 15 is 0 Å². The molecule has 2 aromatic rings. The van der Waals surface area contributed by atoms with E-state index in [1.54, 1.807) is 6.07 Å². The van der Waals surface area contributed by atoms with E-state index in [9.17, 15) is 4.79 Å². The largest absolute Gasteiger partial charge is 0.464 e. The second kappa shape index (κ2) is 4.29. The zero-order chi connectivity index (χ0) is 12.5. The lowest BCUT2D eigenvalue weighted by molar-refractivity contribution is 0.0594. The molecule has 92 valence electrons. The SMILES string of the molecule is COC(=O)c1cc(-c2ccc3c(c2)CCC3)n[nH]1. The van der Waals surface area contributed by atoms with Crippen LogP contribution in [0.15, 0.2) is 24.3 Å². The summed E-state index contributed by atoms with van der Waals surface area (Å²) in [7, 11) is 1.36. The standard InChI is InChI=1S/C14H14N2O2/c1-18-14(17)13-8-12(15-16-13)11-6-5-9-3-2-4-10(9)7-11/h5-8H,2-4H2,1H3,(H,15,16). The van der Waals surface area contributed by atoms with Gasteiger partial charge in [-0.25, -0.2) is 4.79 Å². The molecule has 1 N–H and O–H groups in total. The third-order valence-corrected chi connectivity index (χ3v) is 3.38. The van der Waals surface area contributed by atoms with Crippen molar-refractivity contribution in [3.63, 3.8) is 0 Å². The number of ether oxygens (including phenoxy) is 1. The Balaban J connectivity index is 1.95. The van der Waals surface area contributed by atoms with Crippen LogP contribution in [-0.4, -0.2) is 23.3 Å². The zero-order valence-electron chi connectivity index (χ0n) is 10.2. The van der Waals surface area contributed by atoms with E-state index in [0.29, 0.717) is 5.69 Å². The van der Waals surface area contributed by atoms with Crippen LogP contribution in [0.5, 0.6) is 0 Å². The van der Waals surface area contributed by atoms with Gasteiger partial charge in [0.15, 0.2) is 0 Å². The van der Waals surface area contributed by atoms with Gasteiger partial charge >= 0.3 is 5.97 Å².